The lowest BCUT2D eigenvalue weighted by Crippen LogP contribution is -2.05. The van der Waals surface area contributed by atoms with Crippen LogP contribution in [0.3, 0.4) is 0 Å². The van der Waals surface area contributed by atoms with Crippen LogP contribution >= 0.6 is 61.5 Å². The molecule has 0 aliphatic heterocycles. The second-order valence-electron chi connectivity index (χ2n) is 3.56. The van der Waals surface area contributed by atoms with Gasteiger partial charge in [0.25, 0.3) is 0 Å². The van der Waals surface area contributed by atoms with Gasteiger partial charge in [0.1, 0.15) is 10.2 Å². The van der Waals surface area contributed by atoms with E-state index in [1.165, 1.54) is 11.3 Å². The average molecular weight is 459 g/mol. The van der Waals surface area contributed by atoms with Crippen molar-refractivity contribution in [3.05, 3.63) is 24.1 Å². The highest BCUT2D eigenvalue weighted by Crippen LogP contribution is 2.37. The van der Waals surface area contributed by atoms with E-state index in [0.29, 0.717) is 5.82 Å². The van der Waals surface area contributed by atoms with Crippen molar-refractivity contribution in [2.45, 2.75) is 13.8 Å². The normalized spacial score (nSPS) is 10.7. The van der Waals surface area contributed by atoms with Gasteiger partial charge in [-0.25, -0.2) is 9.97 Å². The molecule has 0 atom stereocenters. The molecule has 0 spiro atoms. The molecule has 0 aromatic carbocycles. The van der Waals surface area contributed by atoms with Gasteiger partial charge in [-0.1, -0.05) is 11.6 Å². The number of aryl methyl sites for hydroxylation is 1. The van der Waals surface area contributed by atoms with Crippen molar-refractivity contribution < 1.29 is 0 Å². The molecule has 2 aromatic heterocycles. The van der Waals surface area contributed by atoms with Crippen LogP contribution in [0.5, 0.6) is 0 Å². The maximum atomic E-state index is 6.05. The predicted molar refractivity (Wildman–Crippen MR) is 89.7 cm³/mol. The molecule has 0 unspecified atom stereocenters. The van der Waals surface area contributed by atoms with E-state index in [1.807, 2.05) is 19.9 Å². The molecule has 0 aliphatic rings. The van der Waals surface area contributed by atoms with Gasteiger partial charge >= 0.3 is 0 Å². The van der Waals surface area contributed by atoms with Crippen LogP contribution in [0.2, 0.25) is 4.34 Å². The van der Waals surface area contributed by atoms with Crippen molar-refractivity contribution in [1.82, 2.24) is 9.97 Å². The summed E-state index contributed by atoms with van der Waals surface area (Å²) < 4.78 is 2.66. The van der Waals surface area contributed by atoms with Crippen LogP contribution in [0.1, 0.15) is 12.6 Å². The number of rotatable bonds is 3. The maximum absolute atomic E-state index is 6.05. The molecular formula is C11H10BrClIN3S. The highest BCUT2D eigenvalue weighted by atomic mass is 127. The van der Waals surface area contributed by atoms with Crippen LogP contribution in [0, 0.1) is 10.5 Å². The van der Waals surface area contributed by atoms with Gasteiger partial charge in [-0.2, -0.15) is 0 Å². The van der Waals surface area contributed by atoms with Gasteiger partial charge in [-0.3, -0.25) is 0 Å². The smallest absolute Gasteiger partial charge is 0.172 e. The predicted octanol–water partition coefficient (Wildman–Crippen LogP) is 4.97. The zero-order chi connectivity index (χ0) is 13.3. The van der Waals surface area contributed by atoms with Crippen molar-refractivity contribution in [2.24, 2.45) is 0 Å². The number of halogens is 3. The summed E-state index contributed by atoms with van der Waals surface area (Å²) in [7, 11) is 0. The third-order valence-electron chi connectivity index (χ3n) is 2.23. The summed E-state index contributed by atoms with van der Waals surface area (Å²) in [6.07, 6.45) is 0. The van der Waals surface area contributed by atoms with Crippen LogP contribution in [-0.2, 0) is 0 Å². The van der Waals surface area contributed by atoms with Gasteiger partial charge in [-0.15, -0.1) is 11.3 Å². The molecule has 18 heavy (non-hydrogen) atoms. The Labute approximate surface area is 137 Å². The number of nitrogens with one attached hydrogen (secondary N) is 1. The van der Waals surface area contributed by atoms with Crippen LogP contribution < -0.4 is 5.32 Å². The van der Waals surface area contributed by atoms with Crippen LogP contribution in [0.4, 0.5) is 5.82 Å². The highest BCUT2D eigenvalue weighted by Gasteiger charge is 2.13. The van der Waals surface area contributed by atoms with Crippen molar-refractivity contribution in [3.63, 3.8) is 0 Å². The topological polar surface area (TPSA) is 37.8 Å². The summed E-state index contributed by atoms with van der Waals surface area (Å²) in [4.78, 5) is 10.0. The third-order valence-corrected chi connectivity index (χ3v) is 5.99. The van der Waals surface area contributed by atoms with E-state index in [4.69, 9.17) is 11.6 Å². The lowest BCUT2D eigenvalue weighted by atomic mass is 10.3. The molecule has 0 amide bonds. The Kier molecular flexibility index (Phi) is 4.85. The summed E-state index contributed by atoms with van der Waals surface area (Å²) in [5.41, 5.74) is 0.970. The first-order valence-electron chi connectivity index (χ1n) is 5.26. The van der Waals surface area contributed by atoms with Crippen molar-refractivity contribution in [1.29, 1.82) is 0 Å². The standard InChI is InChI=1S/C11H10BrClIN3S/c1-3-15-11-8(14)5(2)16-10(17-11)7-4-6(12)9(13)18-7/h4H,3H2,1-2H3,(H,15,16,17). The van der Waals surface area contributed by atoms with Crippen LogP contribution in [0.25, 0.3) is 10.7 Å². The number of nitrogens with zero attached hydrogens (tertiary/aromatic N) is 2. The zero-order valence-corrected chi connectivity index (χ0v) is 15.0. The summed E-state index contributed by atoms with van der Waals surface area (Å²) in [6, 6.07) is 1.95. The molecule has 0 bridgehead atoms. The highest BCUT2D eigenvalue weighted by molar-refractivity contribution is 14.1. The molecule has 96 valence electrons. The fourth-order valence-electron chi connectivity index (χ4n) is 1.41. The number of thiophene rings is 1. The molecular weight excluding hydrogens is 448 g/mol. The number of hydrogen-bond donors (Lipinski definition) is 1. The fourth-order valence-corrected chi connectivity index (χ4v) is 3.48. The first-order chi connectivity index (χ1) is 8.52. The molecule has 2 aromatic rings. The first-order valence-corrected chi connectivity index (χ1v) is 8.32. The van der Waals surface area contributed by atoms with Gasteiger partial charge in [0.15, 0.2) is 5.82 Å². The van der Waals surface area contributed by atoms with Gasteiger partial charge in [-0.05, 0) is 58.4 Å². The number of aromatic nitrogens is 2. The van der Waals surface area contributed by atoms with Gasteiger partial charge in [0, 0.05) is 11.0 Å². The largest absolute Gasteiger partial charge is 0.369 e. The lowest BCUT2D eigenvalue weighted by molar-refractivity contribution is 1.07. The first kappa shape index (κ1) is 14.5. The zero-order valence-electron chi connectivity index (χ0n) is 9.72. The molecule has 0 fully saturated rings. The Morgan fingerprint density at radius 1 is 1.50 bits per heavy atom. The molecule has 0 aliphatic carbocycles. The minimum atomic E-state index is 0.710. The lowest BCUT2D eigenvalue weighted by Gasteiger charge is -2.08. The van der Waals surface area contributed by atoms with E-state index in [2.05, 4.69) is 53.8 Å². The Hall–Kier alpha value is 0.0800. The summed E-state index contributed by atoms with van der Waals surface area (Å²) in [6.45, 7) is 4.87. The summed E-state index contributed by atoms with van der Waals surface area (Å²) in [5.74, 6) is 1.59. The van der Waals surface area contributed by atoms with E-state index in [9.17, 15) is 0 Å². The van der Waals surface area contributed by atoms with Crippen LogP contribution in [0.15, 0.2) is 10.5 Å². The monoisotopic (exact) mass is 457 g/mol. The maximum Gasteiger partial charge on any atom is 0.172 e. The van der Waals surface area contributed by atoms with Gasteiger partial charge in [0.2, 0.25) is 0 Å². The molecule has 0 saturated carbocycles. The minimum absolute atomic E-state index is 0.710. The Morgan fingerprint density at radius 3 is 2.78 bits per heavy atom. The van der Waals surface area contributed by atoms with Crippen molar-refractivity contribution >= 4 is 67.3 Å². The van der Waals surface area contributed by atoms with Gasteiger partial charge < -0.3 is 5.32 Å². The molecule has 0 saturated heterocycles. The SMILES string of the molecule is CCNc1nc(-c2cc(Br)c(Cl)s2)nc(C)c1I. The van der Waals surface area contributed by atoms with Crippen molar-refractivity contribution in [2.75, 3.05) is 11.9 Å². The van der Waals surface area contributed by atoms with E-state index in [1.54, 1.807) is 0 Å². The Bertz CT molecular complexity index is 568. The average Bonchev–Trinajstić information content (AvgIpc) is 2.65. The van der Waals surface area contributed by atoms with E-state index in [-0.39, 0.29) is 0 Å². The van der Waals surface area contributed by atoms with Crippen LogP contribution in [-0.4, -0.2) is 16.5 Å². The second kappa shape index (κ2) is 6.02. The molecule has 2 rings (SSSR count). The Morgan fingerprint density at radius 2 is 2.22 bits per heavy atom. The molecule has 3 nitrogen and oxygen atoms in total. The summed E-state index contributed by atoms with van der Waals surface area (Å²) >= 11 is 13.2. The second-order valence-corrected chi connectivity index (χ2v) is 7.15. The third kappa shape index (κ3) is 2.97. The van der Waals surface area contributed by atoms with Crippen molar-refractivity contribution in [3.8, 4) is 10.7 Å². The summed E-state index contributed by atoms with van der Waals surface area (Å²) in [5, 5.41) is 3.25. The number of anilines is 1. The fraction of sp³-hybridized carbons (Fsp3) is 0.273. The molecule has 1 N–H and O–H groups in total. The molecule has 7 heteroatoms. The Balaban J connectivity index is 2.51. The molecule has 2 heterocycles. The number of hydrogen-bond acceptors (Lipinski definition) is 4. The molecule has 0 radical (unpaired) electrons. The van der Waals surface area contributed by atoms with E-state index < -0.39 is 0 Å². The van der Waals surface area contributed by atoms with E-state index >= 15 is 0 Å². The van der Waals surface area contributed by atoms with Gasteiger partial charge in [0.05, 0.1) is 14.1 Å². The minimum Gasteiger partial charge on any atom is -0.369 e. The quantitative estimate of drug-likeness (QED) is 0.661. The van der Waals surface area contributed by atoms with E-state index in [0.717, 1.165) is 35.3 Å².